The van der Waals surface area contributed by atoms with Crippen LogP contribution < -0.4 is 0 Å². The van der Waals surface area contributed by atoms with Crippen LogP contribution in [0.1, 0.15) is 43.5 Å². The van der Waals surface area contributed by atoms with E-state index in [1.807, 2.05) is 6.07 Å². The highest BCUT2D eigenvalue weighted by molar-refractivity contribution is 5.88. The fourth-order valence-electron chi connectivity index (χ4n) is 2.22. The summed E-state index contributed by atoms with van der Waals surface area (Å²) in [5.41, 5.74) is 0.509. The van der Waals surface area contributed by atoms with Crippen LogP contribution in [0, 0.1) is 17.9 Å². The molecule has 0 aromatic heterocycles. The molecule has 0 heterocycles. The summed E-state index contributed by atoms with van der Waals surface area (Å²) in [4.78, 5) is 21.9. The van der Waals surface area contributed by atoms with Gasteiger partial charge in [0.05, 0.1) is 5.56 Å². The molecule has 2 rings (SSSR count). The molecule has 97 valence electrons. The Hall–Kier alpha value is -1.35. The van der Waals surface area contributed by atoms with Gasteiger partial charge in [-0.2, -0.15) is 4.89 Å². The van der Waals surface area contributed by atoms with Gasteiger partial charge in [0, 0.05) is 0 Å². The van der Waals surface area contributed by atoms with E-state index in [1.54, 1.807) is 24.3 Å². The second-order valence-corrected chi connectivity index (χ2v) is 4.94. The van der Waals surface area contributed by atoms with Crippen molar-refractivity contribution < 1.29 is 14.6 Å². The van der Waals surface area contributed by atoms with Crippen molar-refractivity contribution in [2.24, 2.45) is 11.8 Å². The molecule has 1 aliphatic rings. The van der Waals surface area contributed by atoms with Crippen LogP contribution in [-0.2, 0) is 9.78 Å². The van der Waals surface area contributed by atoms with Gasteiger partial charge in [-0.1, -0.05) is 44.9 Å². The topological polar surface area (TPSA) is 35.5 Å². The number of carbonyl (C=O) groups excluding carboxylic acids is 1. The van der Waals surface area contributed by atoms with Crippen LogP contribution in [0.4, 0.5) is 0 Å². The van der Waals surface area contributed by atoms with Crippen LogP contribution in [0.3, 0.4) is 0 Å². The Labute approximate surface area is 108 Å². The molecule has 1 fully saturated rings. The Morgan fingerprint density at radius 3 is 2.67 bits per heavy atom. The van der Waals surface area contributed by atoms with Crippen molar-refractivity contribution in [2.75, 3.05) is 0 Å². The van der Waals surface area contributed by atoms with E-state index in [0.717, 1.165) is 18.9 Å². The van der Waals surface area contributed by atoms with Crippen molar-refractivity contribution >= 4 is 5.97 Å². The van der Waals surface area contributed by atoms with Crippen molar-refractivity contribution in [3.8, 4) is 0 Å². The van der Waals surface area contributed by atoms with Gasteiger partial charge in [-0.15, -0.1) is 0 Å². The molecule has 0 aliphatic heterocycles. The van der Waals surface area contributed by atoms with Crippen LogP contribution in [-0.4, -0.2) is 5.97 Å². The Morgan fingerprint density at radius 2 is 1.94 bits per heavy atom. The molecular weight excluding hydrogens is 228 g/mol. The largest absolute Gasteiger partial charge is 0.373 e. The number of hydrogen-bond donors (Lipinski definition) is 0. The maximum Gasteiger partial charge on any atom is 0.373 e. The van der Waals surface area contributed by atoms with E-state index in [2.05, 4.69) is 13.8 Å². The van der Waals surface area contributed by atoms with Gasteiger partial charge in [0.2, 0.25) is 0 Å². The smallest absolute Gasteiger partial charge is 0.292 e. The monoisotopic (exact) mass is 247 g/mol. The second-order valence-electron chi connectivity index (χ2n) is 4.94. The first-order chi connectivity index (χ1) is 8.68. The van der Waals surface area contributed by atoms with Gasteiger partial charge in [0.1, 0.15) is 0 Å². The molecule has 1 aliphatic carbocycles. The zero-order valence-corrected chi connectivity index (χ0v) is 10.9. The lowest BCUT2D eigenvalue weighted by Gasteiger charge is -2.31. The lowest BCUT2D eigenvalue weighted by Crippen LogP contribution is -2.25. The molecule has 1 radical (unpaired) electrons. The highest BCUT2D eigenvalue weighted by Gasteiger charge is 2.30. The average Bonchev–Trinajstić information content (AvgIpc) is 2.41. The third-order valence-electron chi connectivity index (χ3n) is 3.68. The van der Waals surface area contributed by atoms with Gasteiger partial charge in [0.25, 0.3) is 0 Å². The Morgan fingerprint density at radius 1 is 1.22 bits per heavy atom. The molecule has 3 heteroatoms. The molecule has 3 nitrogen and oxygen atoms in total. The average molecular weight is 247 g/mol. The first-order valence-electron chi connectivity index (χ1n) is 6.48. The van der Waals surface area contributed by atoms with E-state index in [9.17, 15) is 4.79 Å². The standard InChI is InChI=1S/C15H19O3/c1-11-7-6-10-14(12(11)2)17-18-15(16)13-8-4-3-5-9-13/h3-5,8-9,11-12H,6-7,10H2,1-2H3. The van der Waals surface area contributed by atoms with E-state index >= 15 is 0 Å². The predicted octanol–water partition coefficient (Wildman–Crippen LogP) is 3.76. The molecule has 0 saturated heterocycles. The zero-order chi connectivity index (χ0) is 13.0. The summed E-state index contributed by atoms with van der Waals surface area (Å²) < 4.78 is 0. The zero-order valence-electron chi connectivity index (χ0n) is 10.9. The molecule has 18 heavy (non-hydrogen) atoms. The fraction of sp³-hybridized carbons (Fsp3) is 0.467. The normalized spacial score (nSPS) is 24.8. The van der Waals surface area contributed by atoms with Gasteiger partial charge < -0.3 is 0 Å². The number of rotatable bonds is 3. The molecule has 2 unspecified atom stereocenters. The minimum atomic E-state index is -0.437. The predicted molar refractivity (Wildman–Crippen MR) is 68.4 cm³/mol. The second kappa shape index (κ2) is 6.01. The van der Waals surface area contributed by atoms with E-state index in [-0.39, 0.29) is 0 Å². The number of hydrogen-bond acceptors (Lipinski definition) is 3. The SMILES string of the molecule is CC1CCC[C](OOC(=O)c2ccccc2)C1C. The van der Waals surface area contributed by atoms with Crippen LogP contribution in [0.5, 0.6) is 0 Å². The number of benzene rings is 1. The highest BCUT2D eigenvalue weighted by Crippen LogP contribution is 2.36. The lowest BCUT2D eigenvalue weighted by atomic mass is 9.80. The first-order valence-corrected chi connectivity index (χ1v) is 6.48. The van der Waals surface area contributed by atoms with Crippen LogP contribution in [0.25, 0.3) is 0 Å². The van der Waals surface area contributed by atoms with E-state index in [4.69, 9.17) is 9.78 Å². The molecule has 0 N–H and O–H groups in total. The molecule has 1 saturated carbocycles. The summed E-state index contributed by atoms with van der Waals surface area (Å²) in [7, 11) is 0. The van der Waals surface area contributed by atoms with E-state index in [1.165, 1.54) is 6.42 Å². The minimum absolute atomic E-state index is 0.349. The van der Waals surface area contributed by atoms with Crippen LogP contribution >= 0.6 is 0 Å². The Balaban J connectivity index is 1.86. The maximum absolute atomic E-state index is 11.7. The first kappa shape index (κ1) is 13.1. The molecule has 1 aromatic rings. The quantitative estimate of drug-likeness (QED) is 0.602. The molecular formula is C15H19O3. The van der Waals surface area contributed by atoms with Gasteiger partial charge in [-0.3, -0.25) is 4.89 Å². The summed E-state index contributed by atoms with van der Waals surface area (Å²) >= 11 is 0. The van der Waals surface area contributed by atoms with Crippen molar-refractivity contribution in [1.82, 2.24) is 0 Å². The summed E-state index contributed by atoms with van der Waals surface area (Å²) in [5.74, 6) is 0.500. The van der Waals surface area contributed by atoms with Crippen molar-refractivity contribution in [3.05, 3.63) is 42.0 Å². The van der Waals surface area contributed by atoms with Crippen molar-refractivity contribution in [1.29, 1.82) is 0 Å². The van der Waals surface area contributed by atoms with Gasteiger partial charge in [-0.05, 0) is 30.4 Å². The Kier molecular flexibility index (Phi) is 4.37. The summed E-state index contributed by atoms with van der Waals surface area (Å²) in [6.45, 7) is 4.32. The van der Waals surface area contributed by atoms with Gasteiger partial charge in [-0.25, -0.2) is 4.79 Å². The van der Waals surface area contributed by atoms with Gasteiger partial charge in [0.15, 0.2) is 6.10 Å². The number of carbonyl (C=O) groups is 1. The highest BCUT2D eigenvalue weighted by atomic mass is 17.2. The maximum atomic E-state index is 11.7. The third kappa shape index (κ3) is 3.10. The fourth-order valence-corrected chi connectivity index (χ4v) is 2.22. The van der Waals surface area contributed by atoms with Crippen molar-refractivity contribution in [3.63, 3.8) is 0 Å². The Bertz CT molecular complexity index is 388. The molecule has 2 atom stereocenters. The molecule has 1 aromatic carbocycles. The van der Waals surface area contributed by atoms with Crippen LogP contribution in [0.15, 0.2) is 30.3 Å². The molecule has 0 bridgehead atoms. The third-order valence-corrected chi connectivity index (χ3v) is 3.68. The van der Waals surface area contributed by atoms with E-state index < -0.39 is 5.97 Å². The molecule has 0 spiro atoms. The summed E-state index contributed by atoms with van der Waals surface area (Å²) in [6.07, 6.45) is 4.08. The van der Waals surface area contributed by atoms with E-state index in [0.29, 0.717) is 17.4 Å². The lowest BCUT2D eigenvalue weighted by molar-refractivity contribution is -0.248. The molecule has 0 amide bonds. The van der Waals surface area contributed by atoms with Gasteiger partial charge >= 0.3 is 5.97 Å². The minimum Gasteiger partial charge on any atom is -0.292 e. The summed E-state index contributed by atoms with van der Waals surface area (Å²) in [6, 6.07) is 8.88. The summed E-state index contributed by atoms with van der Waals surface area (Å²) in [5, 5.41) is 0. The van der Waals surface area contributed by atoms with Crippen LogP contribution in [0.2, 0.25) is 0 Å². The van der Waals surface area contributed by atoms with Crippen molar-refractivity contribution in [2.45, 2.75) is 33.1 Å².